The summed E-state index contributed by atoms with van der Waals surface area (Å²) in [6, 6.07) is 10.7. The van der Waals surface area contributed by atoms with Crippen molar-refractivity contribution in [2.24, 2.45) is 0 Å². The summed E-state index contributed by atoms with van der Waals surface area (Å²) in [5, 5.41) is 12.5. The molecule has 3 nitrogen and oxygen atoms in total. The number of rotatable bonds is 4. The molecule has 2 rings (SSSR count). The fraction of sp³-hybridized carbons (Fsp3) is 0.533. The van der Waals surface area contributed by atoms with Crippen LogP contribution in [0.2, 0.25) is 0 Å². The number of nitriles is 1. The lowest BCUT2D eigenvalue weighted by molar-refractivity contribution is 0.206. The number of likely N-dealkylation sites (tertiary alicyclic amines) is 1. The van der Waals surface area contributed by atoms with Crippen molar-refractivity contribution in [2.45, 2.75) is 32.4 Å². The van der Waals surface area contributed by atoms with Crippen molar-refractivity contribution in [3.63, 3.8) is 0 Å². The van der Waals surface area contributed by atoms with Gasteiger partial charge in [-0.1, -0.05) is 19.1 Å². The van der Waals surface area contributed by atoms with Crippen LogP contribution in [0.5, 0.6) is 0 Å². The fourth-order valence-electron chi connectivity index (χ4n) is 2.47. The summed E-state index contributed by atoms with van der Waals surface area (Å²) in [7, 11) is 0. The Morgan fingerprint density at radius 2 is 2.17 bits per heavy atom. The van der Waals surface area contributed by atoms with Crippen molar-refractivity contribution in [3.8, 4) is 6.07 Å². The Labute approximate surface area is 109 Å². The van der Waals surface area contributed by atoms with Crippen LogP contribution in [-0.2, 0) is 6.54 Å². The van der Waals surface area contributed by atoms with Gasteiger partial charge in [0.15, 0.2) is 0 Å². The molecule has 0 bridgehead atoms. The zero-order valence-corrected chi connectivity index (χ0v) is 11.0. The van der Waals surface area contributed by atoms with E-state index in [9.17, 15) is 0 Å². The van der Waals surface area contributed by atoms with Crippen molar-refractivity contribution in [1.82, 2.24) is 10.2 Å². The highest BCUT2D eigenvalue weighted by molar-refractivity contribution is 5.32. The highest BCUT2D eigenvalue weighted by Gasteiger charge is 2.17. The first kappa shape index (κ1) is 13.1. The van der Waals surface area contributed by atoms with E-state index < -0.39 is 0 Å². The molecule has 1 saturated heterocycles. The summed E-state index contributed by atoms with van der Waals surface area (Å²) >= 11 is 0. The summed E-state index contributed by atoms with van der Waals surface area (Å²) in [6.07, 6.45) is 2.46. The second-order valence-corrected chi connectivity index (χ2v) is 4.90. The van der Waals surface area contributed by atoms with Crippen LogP contribution in [0.15, 0.2) is 24.3 Å². The van der Waals surface area contributed by atoms with Gasteiger partial charge >= 0.3 is 0 Å². The fourth-order valence-corrected chi connectivity index (χ4v) is 2.47. The third-order valence-electron chi connectivity index (χ3n) is 3.69. The van der Waals surface area contributed by atoms with Gasteiger partial charge in [0.25, 0.3) is 0 Å². The highest BCUT2D eigenvalue weighted by Crippen LogP contribution is 2.11. The van der Waals surface area contributed by atoms with Crippen LogP contribution >= 0.6 is 0 Å². The van der Waals surface area contributed by atoms with Gasteiger partial charge in [0.2, 0.25) is 0 Å². The summed E-state index contributed by atoms with van der Waals surface area (Å²) in [6.45, 7) is 6.66. The molecule has 96 valence electrons. The maximum atomic E-state index is 8.86. The maximum Gasteiger partial charge on any atom is 0.0991 e. The van der Waals surface area contributed by atoms with E-state index in [1.165, 1.54) is 31.5 Å². The van der Waals surface area contributed by atoms with E-state index in [0.29, 0.717) is 6.04 Å². The van der Waals surface area contributed by atoms with Gasteiger partial charge in [-0.15, -0.1) is 0 Å². The lowest BCUT2D eigenvalue weighted by Gasteiger charge is -2.31. The number of nitrogens with one attached hydrogen (secondary N) is 1. The van der Waals surface area contributed by atoms with E-state index >= 15 is 0 Å². The van der Waals surface area contributed by atoms with Gasteiger partial charge in [0.1, 0.15) is 0 Å². The zero-order valence-electron chi connectivity index (χ0n) is 11.0. The van der Waals surface area contributed by atoms with Crippen molar-refractivity contribution in [2.75, 3.05) is 19.6 Å². The summed E-state index contributed by atoms with van der Waals surface area (Å²) in [5.74, 6) is 0. The molecule has 1 aromatic carbocycles. The van der Waals surface area contributed by atoms with Crippen LogP contribution in [0, 0.1) is 11.3 Å². The first-order valence-electron chi connectivity index (χ1n) is 6.76. The first-order valence-corrected chi connectivity index (χ1v) is 6.76. The molecule has 0 unspecified atom stereocenters. The topological polar surface area (TPSA) is 39.1 Å². The van der Waals surface area contributed by atoms with Gasteiger partial charge in [-0.25, -0.2) is 0 Å². The summed E-state index contributed by atoms with van der Waals surface area (Å²) < 4.78 is 0. The van der Waals surface area contributed by atoms with Crippen LogP contribution in [0.4, 0.5) is 0 Å². The molecule has 0 radical (unpaired) electrons. The van der Waals surface area contributed by atoms with Gasteiger partial charge in [-0.3, -0.25) is 0 Å². The van der Waals surface area contributed by atoms with Crippen molar-refractivity contribution in [3.05, 3.63) is 35.4 Å². The van der Waals surface area contributed by atoms with Gasteiger partial charge in [-0.2, -0.15) is 5.26 Å². The van der Waals surface area contributed by atoms with Crippen molar-refractivity contribution in [1.29, 1.82) is 5.26 Å². The molecule has 1 fully saturated rings. The van der Waals surface area contributed by atoms with Gasteiger partial charge in [0.05, 0.1) is 11.6 Å². The molecule has 1 aliphatic rings. The van der Waals surface area contributed by atoms with Crippen LogP contribution in [0.25, 0.3) is 0 Å². The first-order chi connectivity index (χ1) is 8.81. The number of piperidine rings is 1. The van der Waals surface area contributed by atoms with Crippen molar-refractivity contribution < 1.29 is 0 Å². The van der Waals surface area contributed by atoms with Crippen molar-refractivity contribution >= 4 is 0 Å². The van der Waals surface area contributed by atoms with E-state index in [-0.39, 0.29) is 0 Å². The molecule has 0 atom stereocenters. The average molecular weight is 243 g/mol. The predicted molar refractivity (Wildman–Crippen MR) is 73.1 cm³/mol. The Hall–Kier alpha value is -1.37. The molecule has 0 aliphatic carbocycles. The van der Waals surface area contributed by atoms with Gasteiger partial charge in [-0.05, 0) is 50.2 Å². The van der Waals surface area contributed by atoms with E-state index in [1.807, 2.05) is 18.2 Å². The largest absolute Gasteiger partial charge is 0.310 e. The third kappa shape index (κ3) is 3.56. The minimum Gasteiger partial charge on any atom is -0.310 e. The monoisotopic (exact) mass is 243 g/mol. The number of benzene rings is 1. The number of hydrogen-bond acceptors (Lipinski definition) is 3. The maximum absolute atomic E-state index is 8.86. The molecule has 0 amide bonds. The normalized spacial score (nSPS) is 17.6. The Morgan fingerprint density at radius 3 is 2.83 bits per heavy atom. The molecule has 1 heterocycles. The van der Waals surface area contributed by atoms with Crippen LogP contribution < -0.4 is 5.32 Å². The van der Waals surface area contributed by atoms with Gasteiger partial charge in [0, 0.05) is 12.6 Å². The van der Waals surface area contributed by atoms with E-state index in [0.717, 1.165) is 18.7 Å². The third-order valence-corrected chi connectivity index (χ3v) is 3.69. The van der Waals surface area contributed by atoms with E-state index in [2.05, 4.69) is 29.3 Å². The molecule has 0 spiro atoms. The second-order valence-electron chi connectivity index (χ2n) is 4.90. The SMILES string of the molecule is CCN1CCC(NCc2cccc(C#N)c2)CC1. The van der Waals surface area contributed by atoms with E-state index in [1.54, 1.807) is 0 Å². The lowest BCUT2D eigenvalue weighted by Crippen LogP contribution is -2.42. The highest BCUT2D eigenvalue weighted by atomic mass is 15.1. The number of hydrogen-bond donors (Lipinski definition) is 1. The Balaban J connectivity index is 1.80. The minimum atomic E-state index is 0.624. The smallest absolute Gasteiger partial charge is 0.0991 e. The number of nitrogens with zero attached hydrogens (tertiary/aromatic N) is 2. The van der Waals surface area contributed by atoms with Gasteiger partial charge < -0.3 is 10.2 Å². The molecule has 1 aliphatic heterocycles. The molecule has 18 heavy (non-hydrogen) atoms. The molecule has 3 heteroatoms. The van der Waals surface area contributed by atoms with Crippen LogP contribution in [0.1, 0.15) is 30.9 Å². The predicted octanol–water partition coefficient (Wildman–Crippen LogP) is 2.13. The molecular formula is C15H21N3. The van der Waals surface area contributed by atoms with E-state index in [4.69, 9.17) is 5.26 Å². The summed E-state index contributed by atoms with van der Waals surface area (Å²) in [4.78, 5) is 2.49. The Bertz CT molecular complexity index is 414. The second kappa shape index (κ2) is 6.53. The Morgan fingerprint density at radius 1 is 1.39 bits per heavy atom. The zero-order chi connectivity index (χ0) is 12.8. The molecule has 1 aromatic rings. The summed E-state index contributed by atoms with van der Waals surface area (Å²) in [5.41, 5.74) is 1.95. The standard InChI is InChI=1S/C15H21N3/c1-2-18-8-6-15(7-9-18)17-12-14-5-3-4-13(10-14)11-16/h3-5,10,15,17H,2,6-9,12H2,1H3. The molecule has 0 aromatic heterocycles. The Kier molecular flexibility index (Phi) is 4.74. The lowest BCUT2D eigenvalue weighted by atomic mass is 10.0. The molecule has 1 N–H and O–H groups in total. The molecular weight excluding hydrogens is 222 g/mol. The average Bonchev–Trinajstić information content (AvgIpc) is 2.46. The minimum absolute atomic E-state index is 0.624. The van der Waals surface area contributed by atoms with Crippen LogP contribution in [-0.4, -0.2) is 30.6 Å². The molecule has 0 saturated carbocycles. The quantitative estimate of drug-likeness (QED) is 0.880. The van der Waals surface area contributed by atoms with Crippen LogP contribution in [0.3, 0.4) is 0 Å².